The molecule has 6 nitrogen and oxygen atoms in total. The topological polar surface area (TPSA) is 54.4 Å². The number of phenols is 1. The summed E-state index contributed by atoms with van der Waals surface area (Å²) in [4.78, 5) is 4.68. The molecule has 0 saturated carbocycles. The molecule has 1 fully saturated rings. The first kappa shape index (κ1) is 18.9. The molecule has 0 spiro atoms. The molecule has 150 valence electrons. The highest BCUT2D eigenvalue weighted by Gasteiger charge is 2.29. The lowest BCUT2D eigenvalue weighted by Gasteiger charge is -2.35. The third-order valence-electron chi connectivity index (χ3n) is 5.56. The molecule has 1 N–H and O–H groups in total. The van der Waals surface area contributed by atoms with Crippen LogP contribution in [-0.4, -0.2) is 56.2 Å². The van der Waals surface area contributed by atoms with Crippen LogP contribution >= 0.6 is 0 Å². The van der Waals surface area contributed by atoms with Crippen LogP contribution in [0.5, 0.6) is 17.2 Å². The number of anilines is 1. The summed E-state index contributed by atoms with van der Waals surface area (Å²) >= 11 is 0. The van der Waals surface area contributed by atoms with Crippen molar-refractivity contribution in [3.05, 3.63) is 47.5 Å². The monoisotopic (exact) mass is 384 g/mol. The number of morpholine rings is 1. The molecule has 1 saturated heterocycles. The second-order valence-corrected chi connectivity index (χ2v) is 7.08. The molecule has 4 rings (SSSR count). The predicted octanol–water partition coefficient (Wildman–Crippen LogP) is 3.39. The molecule has 28 heavy (non-hydrogen) atoms. The smallest absolute Gasteiger partial charge is 0.231 e. The lowest BCUT2D eigenvalue weighted by molar-refractivity contribution is 0.0235. The van der Waals surface area contributed by atoms with Crippen molar-refractivity contribution in [2.45, 2.75) is 19.9 Å². The highest BCUT2D eigenvalue weighted by atomic mass is 16.7. The maximum atomic E-state index is 10.8. The van der Waals surface area contributed by atoms with Gasteiger partial charge in [-0.3, -0.25) is 4.90 Å². The molecule has 1 atom stereocenters. The average molecular weight is 384 g/mol. The first-order valence-corrected chi connectivity index (χ1v) is 10.0. The molecule has 2 aromatic rings. The average Bonchev–Trinajstić information content (AvgIpc) is 3.18. The first-order chi connectivity index (χ1) is 13.7. The lowest BCUT2D eigenvalue weighted by atomic mass is 9.95. The highest BCUT2D eigenvalue weighted by Crippen LogP contribution is 2.43. The van der Waals surface area contributed by atoms with Gasteiger partial charge in [-0.05, 0) is 37.6 Å². The molecule has 0 bridgehead atoms. The molecule has 0 aromatic heterocycles. The van der Waals surface area contributed by atoms with Gasteiger partial charge < -0.3 is 24.2 Å². The van der Waals surface area contributed by atoms with Gasteiger partial charge in [0.1, 0.15) is 5.75 Å². The van der Waals surface area contributed by atoms with Crippen molar-refractivity contribution in [1.29, 1.82) is 0 Å². The van der Waals surface area contributed by atoms with Gasteiger partial charge in [0.05, 0.1) is 19.3 Å². The van der Waals surface area contributed by atoms with E-state index in [4.69, 9.17) is 14.2 Å². The molecule has 2 aliphatic rings. The van der Waals surface area contributed by atoms with Gasteiger partial charge in [0, 0.05) is 43.5 Å². The number of ether oxygens (including phenoxy) is 3. The van der Waals surface area contributed by atoms with E-state index < -0.39 is 0 Å². The van der Waals surface area contributed by atoms with Gasteiger partial charge in [0.25, 0.3) is 0 Å². The molecule has 6 heteroatoms. The number of benzene rings is 2. The SMILES string of the molecule is CCN(CC)c1ccc([C@@H](c2cc3c(cc2O)OCO3)N2CCOCC2)cc1. The van der Waals surface area contributed by atoms with E-state index in [-0.39, 0.29) is 18.6 Å². The summed E-state index contributed by atoms with van der Waals surface area (Å²) in [6, 6.07) is 12.2. The minimum atomic E-state index is -0.0656. The molecule has 2 aliphatic heterocycles. The van der Waals surface area contributed by atoms with E-state index in [0.717, 1.165) is 37.3 Å². The number of phenolic OH excluding ortho intramolecular Hbond substituents is 1. The first-order valence-electron chi connectivity index (χ1n) is 10.0. The summed E-state index contributed by atoms with van der Waals surface area (Å²) in [7, 11) is 0. The minimum absolute atomic E-state index is 0.0656. The third kappa shape index (κ3) is 3.62. The zero-order valence-corrected chi connectivity index (χ0v) is 16.6. The Morgan fingerprint density at radius 3 is 2.29 bits per heavy atom. The zero-order valence-electron chi connectivity index (χ0n) is 16.6. The van der Waals surface area contributed by atoms with Crippen LogP contribution in [-0.2, 0) is 4.74 Å². The largest absolute Gasteiger partial charge is 0.507 e. The second-order valence-electron chi connectivity index (χ2n) is 7.08. The van der Waals surface area contributed by atoms with Gasteiger partial charge in [-0.25, -0.2) is 0 Å². The Hall–Kier alpha value is -2.44. The number of fused-ring (bicyclic) bond motifs is 1. The Kier molecular flexibility index (Phi) is 5.59. The van der Waals surface area contributed by atoms with Crippen LogP contribution in [0, 0.1) is 0 Å². The number of aromatic hydroxyl groups is 1. The molecule has 0 amide bonds. The summed E-state index contributed by atoms with van der Waals surface area (Å²) in [6.07, 6.45) is 0. The predicted molar refractivity (Wildman–Crippen MR) is 108 cm³/mol. The standard InChI is InChI=1S/C22H28N2O4/c1-3-23(4-2)17-7-5-16(6-8-17)22(24-9-11-26-12-10-24)18-13-20-21(14-19(18)25)28-15-27-20/h5-8,13-14,22,25H,3-4,9-12,15H2,1-2H3/t22-/m0/s1. The third-order valence-corrected chi connectivity index (χ3v) is 5.56. The number of hydrogen-bond acceptors (Lipinski definition) is 6. The van der Waals surface area contributed by atoms with Crippen molar-refractivity contribution in [1.82, 2.24) is 4.90 Å². The molecule has 0 unspecified atom stereocenters. The van der Waals surface area contributed by atoms with E-state index in [1.165, 1.54) is 5.69 Å². The van der Waals surface area contributed by atoms with Crippen molar-refractivity contribution in [3.8, 4) is 17.2 Å². The molecule has 2 heterocycles. The summed E-state index contributed by atoms with van der Waals surface area (Å²) in [6.45, 7) is 9.50. The van der Waals surface area contributed by atoms with Crippen LogP contribution in [0.25, 0.3) is 0 Å². The second kappa shape index (κ2) is 8.29. The van der Waals surface area contributed by atoms with E-state index in [2.05, 4.69) is 47.9 Å². The Labute approximate surface area is 166 Å². The van der Waals surface area contributed by atoms with Gasteiger partial charge in [0.15, 0.2) is 11.5 Å². The van der Waals surface area contributed by atoms with E-state index >= 15 is 0 Å². The fraction of sp³-hybridized carbons (Fsp3) is 0.455. The van der Waals surface area contributed by atoms with Crippen LogP contribution in [0.3, 0.4) is 0 Å². The molecular weight excluding hydrogens is 356 g/mol. The van der Waals surface area contributed by atoms with Gasteiger partial charge >= 0.3 is 0 Å². The lowest BCUT2D eigenvalue weighted by Crippen LogP contribution is -2.39. The summed E-state index contributed by atoms with van der Waals surface area (Å²) in [5, 5.41) is 10.8. The van der Waals surface area contributed by atoms with E-state index in [9.17, 15) is 5.11 Å². The number of nitrogens with zero attached hydrogens (tertiary/aromatic N) is 2. The van der Waals surface area contributed by atoms with Crippen molar-refractivity contribution >= 4 is 5.69 Å². The fourth-order valence-corrected chi connectivity index (χ4v) is 4.04. The van der Waals surface area contributed by atoms with Crippen molar-refractivity contribution in [3.63, 3.8) is 0 Å². The van der Waals surface area contributed by atoms with Crippen molar-refractivity contribution < 1.29 is 19.3 Å². The van der Waals surface area contributed by atoms with Crippen LogP contribution in [0.1, 0.15) is 31.0 Å². The van der Waals surface area contributed by atoms with Crippen LogP contribution in [0.2, 0.25) is 0 Å². The van der Waals surface area contributed by atoms with E-state index in [0.29, 0.717) is 24.7 Å². The molecule has 0 aliphatic carbocycles. The van der Waals surface area contributed by atoms with Crippen LogP contribution in [0.4, 0.5) is 5.69 Å². The van der Waals surface area contributed by atoms with Crippen LogP contribution < -0.4 is 14.4 Å². The van der Waals surface area contributed by atoms with Crippen LogP contribution in [0.15, 0.2) is 36.4 Å². The van der Waals surface area contributed by atoms with Gasteiger partial charge in [0.2, 0.25) is 6.79 Å². The van der Waals surface area contributed by atoms with Gasteiger partial charge in [-0.1, -0.05) is 12.1 Å². The molecular formula is C22H28N2O4. The van der Waals surface area contributed by atoms with Crippen molar-refractivity contribution in [2.24, 2.45) is 0 Å². The minimum Gasteiger partial charge on any atom is -0.507 e. The Morgan fingerprint density at radius 2 is 1.64 bits per heavy atom. The molecule has 2 aromatic carbocycles. The van der Waals surface area contributed by atoms with Crippen molar-refractivity contribution in [2.75, 3.05) is 51.1 Å². The summed E-state index contributed by atoms with van der Waals surface area (Å²) in [5.74, 6) is 1.51. The molecule has 0 radical (unpaired) electrons. The Balaban J connectivity index is 1.72. The maximum Gasteiger partial charge on any atom is 0.231 e. The number of rotatable bonds is 6. The van der Waals surface area contributed by atoms with Gasteiger partial charge in [-0.15, -0.1) is 0 Å². The summed E-state index contributed by atoms with van der Waals surface area (Å²) < 4.78 is 16.5. The Bertz CT molecular complexity index is 799. The normalized spacial score (nSPS) is 17.5. The van der Waals surface area contributed by atoms with Gasteiger partial charge in [-0.2, -0.15) is 0 Å². The number of hydrogen-bond donors (Lipinski definition) is 1. The van der Waals surface area contributed by atoms with E-state index in [1.807, 2.05) is 6.07 Å². The van der Waals surface area contributed by atoms with E-state index in [1.54, 1.807) is 6.07 Å². The fourth-order valence-electron chi connectivity index (χ4n) is 4.04. The summed E-state index contributed by atoms with van der Waals surface area (Å²) in [5.41, 5.74) is 3.19. The zero-order chi connectivity index (χ0) is 19.5. The Morgan fingerprint density at radius 1 is 1.00 bits per heavy atom. The highest BCUT2D eigenvalue weighted by molar-refractivity contribution is 5.55. The quantitative estimate of drug-likeness (QED) is 0.824. The maximum absolute atomic E-state index is 10.8.